The van der Waals surface area contributed by atoms with Gasteiger partial charge < -0.3 is 10.6 Å². The van der Waals surface area contributed by atoms with E-state index in [0.29, 0.717) is 12.0 Å². The molecule has 158 valence electrons. The molecule has 0 aliphatic carbocycles. The van der Waals surface area contributed by atoms with Gasteiger partial charge in [-0.15, -0.1) is 0 Å². The molecule has 0 amide bonds. The first kappa shape index (κ1) is 21.0. The molecule has 1 saturated heterocycles. The number of benzene rings is 1. The minimum atomic E-state index is 0.508. The maximum atomic E-state index is 4.66. The predicted octanol–water partition coefficient (Wildman–Crippen LogP) is 5.37. The molecule has 1 fully saturated rings. The van der Waals surface area contributed by atoms with Crippen molar-refractivity contribution in [2.75, 3.05) is 24.2 Å². The average molecular weight is 517 g/mol. The van der Waals surface area contributed by atoms with E-state index >= 15 is 0 Å². The van der Waals surface area contributed by atoms with Gasteiger partial charge in [0, 0.05) is 29.7 Å². The zero-order chi connectivity index (χ0) is 21.3. The zero-order valence-electron chi connectivity index (χ0n) is 17.9. The van der Waals surface area contributed by atoms with Gasteiger partial charge in [-0.25, -0.2) is 4.98 Å². The quantitative estimate of drug-likeness (QED) is 0.395. The van der Waals surface area contributed by atoms with Gasteiger partial charge in [-0.1, -0.05) is 12.5 Å². The lowest BCUT2D eigenvalue weighted by Crippen LogP contribution is -2.30. The SMILES string of the molecule is Cc1cc(Nc2nc(Nc3cc(C)c([C@H]4CCCCN4C)cc3C)ncc2I)n[nH]1. The summed E-state index contributed by atoms with van der Waals surface area (Å²) in [6.07, 6.45) is 5.63. The van der Waals surface area contributed by atoms with Crippen LogP contribution < -0.4 is 10.6 Å². The Balaban J connectivity index is 1.56. The second kappa shape index (κ2) is 8.89. The summed E-state index contributed by atoms with van der Waals surface area (Å²) in [5.74, 6) is 2.03. The lowest BCUT2D eigenvalue weighted by molar-refractivity contribution is 0.187. The van der Waals surface area contributed by atoms with Crippen molar-refractivity contribution in [3.8, 4) is 0 Å². The molecule has 30 heavy (non-hydrogen) atoms. The highest BCUT2D eigenvalue weighted by Crippen LogP contribution is 2.34. The highest BCUT2D eigenvalue weighted by Gasteiger charge is 2.23. The van der Waals surface area contributed by atoms with Crippen molar-refractivity contribution in [3.05, 3.63) is 50.4 Å². The molecule has 1 atom stereocenters. The predicted molar refractivity (Wildman–Crippen MR) is 130 cm³/mol. The van der Waals surface area contributed by atoms with Gasteiger partial charge in [-0.05, 0) is 92.6 Å². The van der Waals surface area contributed by atoms with Crippen LogP contribution in [0.25, 0.3) is 0 Å². The molecule has 0 unspecified atom stereocenters. The molecule has 1 aromatic carbocycles. The van der Waals surface area contributed by atoms with E-state index in [-0.39, 0.29) is 0 Å². The Morgan fingerprint density at radius 1 is 1.10 bits per heavy atom. The summed E-state index contributed by atoms with van der Waals surface area (Å²) in [5, 5.41) is 13.8. The van der Waals surface area contributed by atoms with Crippen LogP contribution in [0, 0.1) is 24.3 Å². The lowest BCUT2D eigenvalue weighted by Gasteiger charge is -2.34. The normalized spacial score (nSPS) is 17.2. The maximum Gasteiger partial charge on any atom is 0.229 e. The first-order valence-corrected chi connectivity index (χ1v) is 11.4. The molecule has 1 aliphatic heterocycles. The maximum absolute atomic E-state index is 4.66. The van der Waals surface area contributed by atoms with Crippen LogP contribution in [0.5, 0.6) is 0 Å². The summed E-state index contributed by atoms with van der Waals surface area (Å²) in [5.41, 5.74) is 5.97. The number of nitrogens with one attached hydrogen (secondary N) is 3. The molecule has 0 bridgehead atoms. The number of piperidine rings is 1. The van der Waals surface area contributed by atoms with Crippen LogP contribution in [0.2, 0.25) is 0 Å². The molecule has 4 rings (SSSR count). The lowest BCUT2D eigenvalue weighted by atomic mass is 9.91. The van der Waals surface area contributed by atoms with Crippen molar-refractivity contribution in [2.45, 2.75) is 46.1 Å². The van der Waals surface area contributed by atoms with Crippen LogP contribution in [-0.4, -0.2) is 38.7 Å². The summed E-state index contributed by atoms with van der Waals surface area (Å²) in [7, 11) is 2.24. The van der Waals surface area contributed by atoms with E-state index < -0.39 is 0 Å². The third-order valence-electron chi connectivity index (χ3n) is 5.69. The number of halogens is 1. The van der Waals surface area contributed by atoms with Crippen LogP contribution in [0.1, 0.15) is 47.7 Å². The van der Waals surface area contributed by atoms with Gasteiger partial charge in [-0.2, -0.15) is 10.1 Å². The number of nitrogens with zero attached hydrogens (tertiary/aromatic N) is 4. The van der Waals surface area contributed by atoms with E-state index in [9.17, 15) is 0 Å². The van der Waals surface area contributed by atoms with Gasteiger partial charge in [0.1, 0.15) is 0 Å². The van der Waals surface area contributed by atoms with E-state index in [4.69, 9.17) is 0 Å². The monoisotopic (exact) mass is 517 g/mol. The smallest absolute Gasteiger partial charge is 0.229 e. The molecule has 8 heteroatoms. The highest BCUT2D eigenvalue weighted by molar-refractivity contribution is 14.1. The zero-order valence-corrected chi connectivity index (χ0v) is 20.0. The summed E-state index contributed by atoms with van der Waals surface area (Å²) in [4.78, 5) is 11.6. The number of hydrogen-bond acceptors (Lipinski definition) is 6. The minimum absolute atomic E-state index is 0.508. The number of rotatable bonds is 5. The Bertz CT molecular complexity index is 1050. The molecular weight excluding hydrogens is 489 g/mol. The fraction of sp³-hybridized carbons (Fsp3) is 0.409. The third-order valence-corrected chi connectivity index (χ3v) is 6.47. The summed E-state index contributed by atoms with van der Waals surface area (Å²) < 4.78 is 0.933. The van der Waals surface area contributed by atoms with Gasteiger partial charge in [0.15, 0.2) is 11.6 Å². The second-order valence-electron chi connectivity index (χ2n) is 8.09. The fourth-order valence-corrected chi connectivity index (χ4v) is 4.43. The van der Waals surface area contributed by atoms with Gasteiger partial charge in [-0.3, -0.25) is 10.00 Å². The molecule has 7 nitrogen and oxygen atoms in total. The largest absolute Gasteiger partial charge is 0.324 e. The standard InChI is InChI=1S/C22H28IN7/c1-13-10-18(14(2)9-16(13)19-7-5-6-8-30(19)4)25-22-24-12-17(23)21(27-22)26-20-11-15(3)28-29-20/h9-12,19H,5-8H2,1-4H3,(H3,24,25,26,27,28,29)/t19-/m1/s1. The Labute approximate surface area is 191 Å². The minimum Gasteiger partial charge on any atom is -0.324 e. The highest BCUT2D eigenvalue weighted by atomic mass is 127. The average Bonchev–Trinajstić information content (AvgIpc) is 3.12. The molecule has 3 aromatic rings. The number of hydrogen-bond donors (Lipinski definition) is 3. The number of likely N-dealkylation sites (tertiary alicyclic amines) is 1. The number of aromatic nitrogens is 4. The molecule has 0 saturated carbocycles. The number of H-pyrrole nitrogens is 1. The van der Waals surface area contributed by atoms with E-state index in [1.807, 2.05) is 19.2 Å². The molecule has 0 radical (unpaired) electrons. The number of aryl methyl sites for hydroxylation is 3. The molecule has 2 aromatic heterocycles. The summed E-state index contributed by atoms with van der Waals surface area (Å²) in [6.45, 7) is 7.48. The van der Waals surface area contributed by atoms with Crippen LogP contribution in [0.15, 0.2) is 24.4 Å². The summed E-state index contributed by atoms with van der Waals surface area (Å²) >= 11 is 2.23. The Kier molecular flexibility index (Phi) is 6.24. The Hall–Kier alpha value is -2.20. The van der Waals surface area contributed by atoms with E-state index in [1.54, 1.807) is 0 Å². The van der Waals surface area contributed by atoms with Crippen LogP contribution in [0.4, 0.5) is 23.3 Å². The van der Waals surface area contributed by atoms with E-state index in [2.05, 4.69) is 91.3 Å². The number of anilines is 4. The van der Waals surface area contributed by atoms with Crippen LogP contribution >= 0.6 is 22.6 Å². The van der Waals surface area contributed by atoms with Gasteiger partial charge >= 0.3 is 0 Å². The van der Waals surface area contributed by atoms with Gasteiger partial charge in [0.2, 0.25) is 5.95 Å². The fourth-order valence-electron chi connectivity index (χ4n) is 4.04. The second-order valence-corrected chi connectivity index (χ2v) is 9.25. The first-order valence-electron chi connectivity index (χ1n) is 10.3. The van der Waals surface area contributed by atoms with Crippen LogP contribution in [-0.2, 0) is 0 Å². The van der Waals surface area contributed by atoms with Gasteiger partial charge in [0.05, 0.1) is 3.57 Å². The van der Waals surface area contributed by atoms with Crippen molar-refractivity contribution in [1.82, 2.24) is 25.1 Å². The Morgan fingerprint density at radius 2 is 1.93 bits per heavy atom. The van der Waals surface area contributed by atoms with Gasteiger partial charge in [0.25, 0.3) is 0 Å². The summed E-state index contributed by atoms with van der Waals surface area (Å²) in [6, 6.07) is 7.00. The molecule has 0 spiro atoms. The molecule has 1 aliphatic rings. The molecule has 3 N–H and O–H groups in total. The number of aromatic amines is 1. The molecular formula is C22H28IN7. The van der Waals surface area contributed by atoms with Crippen molar-refractivity contribution in [1.29, 1.82) is 0 Å². The topological polar surface area (TPSA) is 81.8 Å². The molecule has 3 heterocycles. The van der Waals surface area contributed by atoms with Crippen molar-refractivity contribution >= 4 is 45.9 Å². The first-order chi connectivity index (χ1) is 14.4. The van der Waals surface area contributed by atoms with Crippen LogP contribution in [0.3, 0.4) is 0 Å². The van der Waals surface area contributed by atoms with Crippen molar-refractivity contribution in [3.63, 3.8) is 0 Å². The third kappa shape index (κ3) is 4.59. The van der Waals surface area contributed by atoms with E-state index in [1.165, 1.54) is 42.5 Å². The Morgan fingerprint density at radius 3 is 2.67 bits per heavy atom. The van der Waals surface area contributed by atoms with E-state index in [0.717, 1.165) is 26.6 Å². The van der Waals surface area contributed by atoms with Crippen molar-refractivity contribution < 1.29 is 0 Å². The van der Waals surface area contributed by atoms with Crippen molar-refractivity contribution in [2.24, 2.45) is 0 Å².